The van der Waals surface area contributed by atoms with Gasteiger partial charge in [-0.25, -0.2) is 9.97 Å². The van der Waals surface area contributed by atoms with Crippen LogP contribution in [0.4, 0.5) is 30.5 Å². The van der Waals surface area contributed by atoms with Crippen LogP contribution in [0, 0.1) is 0 Å². The van der Waals surface area contributed by atoms with E-state index in [0.717, 1.165) is 6.07 Å². The summed E-state index contributed by atoms with van der Waals surface area (Å²) in [5, 5.41) is 5.46. The Kier molecular flexibility index (Phi) is 6.70. The molecular formula is C21H20F3N5O2S. The fourth-order valence-electron chi connectivity index (χ4n) is 2.57. The van der Waals surface area contributed by atoms with Gasteiger partial charge in [0, 0.05) is 30.2 Å². The van der Waals surface area contributed by atoms with Gasteiger partial charge in [-0.15, -0.1) is 0 Å². The first-order valence-electron chi connectivity index (χ1n) is 9.39. The van der Waals surface area contributed by atoms with Crippen molar-refractivity contribution in [3.63, 3.8) is 0 Å². The van der Waals surface area contributed by atoms with Crippen molar-refractivity contribution in [3.05, 3.63) is 66.2 Å². The molecule has 1 atom stereocenters. The van der Waals surface area contributed by atoms with E-state index in [9.17, 15) is 22.5 Å². The average Bonchev–Trinajstić information content (AvgIpc) is 2.73. The van der Waals surface area contributed by atoms with E-state index in [0.29, 0.717) is 16.8 Å². The van der Waals surface area contributed by atoms with Crippen molar-refractivity contribution in [2.75, 3.05) is 10.6 Å². The molecule has 0 aromatic carbocycles. The van der Waals surface area contributed by atoms with Gasteiger partial charge in [0.15, 0.2) is 4.90 Å². The van der Waals surface area contributed by atoms with E-state index in [2.05, 4.69) is 25.6 Å². The Morgan fingerprint density at radius 2 is 1.75 bits per heavy atom. The van der Waals surface area contributed by atoms with Crippen molar-refractivity contribution >= 4 is 34.4 Å². The van der Waals surface area contributed by atoms with Gasteiger partial charge in [0.05, 0.1) is 11.8 Å². The lowest BCUT2D eigenvalue weighted by atomic mass is 10.2. The fraction of sp³-hybridized carbons (Fsp3) is 0.238. The smallest absolute Gasteiger partial charge is 0.417 e. The molecule has 7 nitrogen and oxygen atoms in total. The van der Waals surface area contributed by atoms with Gasteiger partial charge in [0.2, 0.25) is 0 Å². The number of carbonyl (C=O) groups is 1. The van der Waals surface area contributed by atoms with E-state index in [4.69, 9.17) is 0 Å². The number of alkyl halides is 3. The minimum Gasteiger partial charge on any atom is -0.611 e. The molecule has 3 aromatic heterocycles. The summed E-state index contributed by atoms with van der Waals surface area (Å²) in [7, 11) is 0. The van der Waals surface area contributed by atoms with E-state index < -0.39 is 33.6 Å². The van der Waals surface area contributed by atoms with Crippen LogP contribution in [-0.4, -0.2) is 30.2 Å². The zero-order valence-electron chi connectivity index (χ0n) is 17.4. The van der Waals surface area contributed by atoms with E-state index in [1.54, 1.807) is 6.07 Å². The lowest BCUT2D eigenvalue weighted by molar-refractivity contribution is -0.137. The second-order valence-electron chi connectivity index (χ2n) is 7.69. The monoisotopic (exact) mass is 463 g/mol. The molecule has 3 aromatic rings. The van der Waals surface area contributed by atoms with Gasteiger partial charge >= 0.3 is 6.18 Å². The Bertz CT molecular complexity index is 1100. The topological polar surface area (TPSA) is 103 Å². The minimum absolute atomic E-state index is 0.137. The third-order valence-electron chi connectivity index (χ3n) is 4.15. The summed E-state index contributed by atoms with van der Waals surface area (Å²) < 4.78 is 50.3. The van der Waals surface area contributed by atoms with E-state index in [-0.39, 0.29) is 17.2 Å². The lowest BCUT2D eigenvalue weighted by Crippen LogP contribution is -2.29. The number of anilines is 3. The number of nitrogens with zero attached hydrogens (tertiary/aromatic N) is 3. The van der Waals surface area contributed by atoms with Crippen LogP contribution in [0.3, 0.4) is 0 Å². The average molecular weight is 463 g/mol. The number of carbonyl (C=O) groups excluding carboxylic acids is 1. The third-order valence-corrected chi connectivity index (χ3v) is 6.02. The Morgan fingerprint density at radius 3 is 2.38 bits per heavy atom. The molecule has 0 aliphatic heterocycles. The largest absolute Gasteiger partial charge is 0.611 e. The number of rotatable bonds is 5. The predicted octanol–water partition coefficient (Wildman–Crippen LogP) is 4.79. The third kappa shape index (κ3) is 5.74. The number of pyridine rings is 3. The van der Waals surface area contributed by atoms with Crippen LogP contribution >= 0.6 is 0 Å². The summed E-state index contributed by atoms with van der Waals surface area (Å²) in [6.45, 7) is 5.47. The van der Waals surface area contributed by atoms with Crippen LogP contribution in [-0.2, 0) is 17.4 Å². The molecule has 3 heterocycles. The summed E-state index contributed by atoms with van der Waals surface area (Å²) >= 11 is -1.39. The number of amides is 1. The maximum absolute atomic E-state index is 12.8. The molecular weight excluding hydrogens is 443 g/mol. The van der Waals surface area contributed by atoms with Crippen LogP contribution in [0.5, 0.6) is 0 Å². The maximum atomic E-state index is 12.8. The molecule has 0 saturated heterocycles. The molecule has 0 bridgehead atoms. The lowest BCUT2D eigenvalue weighted by Gasteiger charge is -2.25. The summed E-state index contributed by atoms with van der Waals surface area (Å²) in [6.07, 6.45) is 0.518. The summed E-state index contributed by atoms with van der Waals surface area (Å²) in [6, 6.07) is 6.54. The first kappa shape index (κ1) is 23.5. The fourth-order valence-corrected chi connectivity index (χ4v) is 3.72. The molecule has 0 radical (unpaired) electrons. The summed E-state index contributed by atoms with van der Waals surface area (Å²) in [4.78, 5) is 25.0. The number of aromatic nitrogens is 3. The van der Waals surface area contributed by atoms with Gasteiger partial charge in [0.25, 0.3) is 5.91 Å². The molecule has 1 unspecified atom stereocenters. The SMILES string of the molecule is CC(C)(C)[S+]([O-])c1ccncc1NC(=O)c1ccnc(Nc2ccc(C(F)(F)F)cn2)c1. The normalized spacial score (nSPS) is 12.8. The van der Waals surface area contributed by atoms with Crippen LogP contribution in [0.15, 0.2) is 60.0 Å². The molecule has 2 N–H and O–H groups in total. The maximum Gasteiger partial charge on any atom is 0.417 e. The second-order valence-corrected chi connectivity index (χ2v) is 9.89. The van der Waals surface area contributed by atoms with Gasteiger partial charge in [-0.05, 0) is 56.2 Å². The van der Waals surface area contributed by atoms with Crippen molar-refractivity contribution in [1.82, 2.24) is 15.0 Å². The van der Waals surface area contributed by atoms with E-state index >= 15 is 0 Å². The van der Waals surface area contributed by atoms with Gasteiger partial charge < -0.3 is 15.2 Å². The zero-order chi connectivity index (χ0) is 23.5. The molecule has 32 heavy (non-hydrogen) atoms. The molecule has 0 aliphatic carbocycles. The first-order chi connectivity index (χ1) is 14.9. The van der Waals surface area contributed by atoms with E-state index in [1.807, 2.05) is 20.8 Å². The van der Waals surface area contributed by atoms with Gasteiger partial charge in [-0.3, -0.25) is 9.78 Å². The molecule has 0 saturated carbocycles. The molecule has 11 heteroatoms. The first-order valence-corrected chi connectivity index (χ1v) is 10.5. The predicted molar refractivity (Wildman–Crippen MR) is 115 cm³/mol. The van der Waals surface area contributed by atoms with Crippen molar-refractivity contribution in [3.8, 4) is 0 Å². The zero-order valence-corrected chi connectivity index (χ0v) is 18.2. The second kappa shape index (κ2) is 9.13. The van der Waals surface area contributed by atoms with E-state index in [1.165, 1.54) is 36.8 Å². The molecule has 0 spiro atoms. The van der Waals surface area contributed by atoms with Crippen LogP contribution in [0.2, 0.25) is 0 Å². The highest BCUT2D eigenvalue weighted by Crippen LogP contribution is 2.31. The highest BCUT2D eigenvalue weighted by molar-refractivity contribution is 7.93. The van der Waals surface area contributed by atoms with Gasteiger partial charge in [0.1, 0.15) is 22.1 Å². The van der Waals surface area contributed by atoms with Crippen molar-refractivity contribution < 1.29 is 22.5 Å². The minimum atomic E-state index is -4.48. The quantitative estimate of drug-likeness (QED) is 0.528. The molecule has 0 aliphatic rings. The van der Waals surface area contributed by atoms with Crippen molar-refractivity contribution in [2.24, 2.45) is 0 Å². The van der Waals surface area contributed by atoms with Crippen molar-refractivity contribution in [1.29, 1.82) is 0 Å². The van der Waals surface area contributed by atoms with Crippen LogP contribution < -0.4 is 10.6 Å². The Hall–Kier alpha value is -3.18. The number of halogens is 3. The highest BCUT2D eigenvalue weighted by atomic mass is 32.2. The standard InChI is InChI=1S/C21H20F3N5O2S/c1-20(2,3)32(31)16-7-8-25-12-15(16)28-19(30)13-6-9-26-18(10-13)29-17-5-4-14(11-27-17)21(22,23)24/h4-12H,1-3H3,(H,28,30)(H,26,27,29). The van der Waals surface area contributed by atoms with Gasteiger partial charge in [-0.1, -0.05) is 0 Å². The van der Waals surface area contributed by atoms with Crippen molar-refractivity contribution in [2.45, 2.75) is 36.6 Å². The molecule has 168 valence electrons. The van der Waals surface area contributed by atoms with Crippen LogP contribution in [0.1, 0.15) is 36.7 Å². The van der Waals surface area contributed by atoms with Crippen LogP contribution in [0.25, 0.3) is 0 Å². The Labute approximate surface area is 185 Å². The number of nitrogens with one attached hydrogen (secondary N) is 2. The van der Waals surface area contributed by atoms with Gasteiger partial charge in [-0.2, -0.15) is 13.2 Å². The number of hydrogen-bond acceptors (Lipinski definition) is 6. The molecule has 1 amide bonds. The number of hydrogen-bond donors (Lipinski definition) is 2. The summed E-state index contributed by atoms with van der Waals surface area (Å²) in [5.74, 6) is -0.135. The highest BCUT2D eigenvalue weighted by Gasteiger charge is 2.31. The Morgan fingerprint density at radius 1 is 1.00 bits per heavy atom. The molecule has 3 rings (SSSR count). The molecule has 0 fully saturated rings. The Balaban J connectivity index is 1.77. The summed E-state index contributed by atoms with van der Waals surface area (Å²) in [5.41, 5.74) is -0.323.